The molecule has 2 aromatic carbocycles. The fourth-order valence-electron chi connectivity index (χ4n) is 4.29. The third-order valence-corrected chi connectivity index (χ3v) is 6.82. The lowest BCUT2D eigenvalue weighted by atomic mass is 9.86. The first kappa shape index (κ1) is 23.5. The molecule has 0 fully saturated rings. The Morgan fingerprint density at radius 2 is 1.69 bits per heavy atom. The Morgan fingerprint density at radius 3 is 2.39 bits per heavy atom. The van der Waals surface area contributed by atoms with Crippen molar-refractivity contribution in [2.45, 2.75) is 19.3 Å². The van der Waals surface area contributed by atoms with Crippen LogP contribution in [0.5, 0.6) is 0 Å². The van der Waals surface area contributed by atoms with Gasteiger partial charge in [0.1, 0.15) is 5.69 Å². The Morgan fingerprint density at radius 1 is 0.972 bits per heavy atom. The first-order chi connectivity index (χ1) is 17.1. The lowest BCUT2D eigenvalue weighted by molar-refractivity contribution is 0.607. The van der Waals surface area contributed by atoms with Crippen molar-refractivity contribution in [2.24, 2.45) is 7.05 Å². The van der Waals surface area contributed by atoms with Crippen molar-refractivity contribution in [3.8, 4) is 28.5 Å². The molecule has 0 aliphatic carbocycles. The minimum atomic E-state index is -3.42. The molecule has 0 radical (unpaired) electrons. The average molecular weight is 497 g/mol. The number of hydrogen-bond donors (Lipinski definition) is 1. The Balaban J connectivity index is 1.68. The van der Waals surface area contributed by atoms with Gasteiger partial charge in [-0.05, 0) is 43.2 Å². The number of nitriles is 1. The van der Waals surface area contributed by atoms with Gasteiger partial charge in [-0.3, -0.25) is 19.4 Å². The summed E-state index contributed by atoms with van der Waals surface area (Å²) in [6, 6.07) is 17.9. The maximum absolute atomic E-state index is 11.7. The van der Waals surface area contributed by atoms with E-state index < -0.39 is 15.4 Å². The van der Waals surface area contributed by atoms with Crippen LogP contribution >= 0.6 is 0 Å². The summed E-state index contributed by atoms with van der Waals surface area (Å²) in [4.78, 5) is 8.84. The van der Waals surface area contributed by atoms with Crippen molar-refractivity contribution in [2.75, 3.05) is 11.0 Å². The summed E-state index contributed by atoms with van der Waals surface area (Å²) in [6.45, 7) is 3.79. The molecular formula is C27H24N6O2S. The van der Waals surface area contributed by atoms with Gasteiger partial charge < -0.3 is 0 Å². The van der Waals surface area contributed by atoms with Crippen LogP contribution in [-0.4, -0.2) is 34.4 Å². The standard InChI is InChI=1S/C27H24N6O2S/c1-27(2,16-28)20-8-5-17(6-9-20)26-25-22-12-18(7-10-23(22)30-15-24(25)33(3)31-26)19-11-21(14-29-13-19)32-36(4,34)35/h5-15,32H,1-4H3. The van der Waals surface area contributed by atoms with E-state index in [2.05, 4.69) is 20.8 Å². The number of anilines is 1. The summed E-state index contributed by atoms with van der Waals surface area (Å²) >= 11 is 0. The molecule has 0 aliphatic rings. The number of benzene rings is 2. The first-order valence-corrected chi connectivity index (χ1v) is 13.2. The maximum Gasteiger partial charge on any atom is 0.229 e. The lowest BCUT2D eigenvalue weighted by Crippen LogP contribution is -2.13. The highest BCUT2D eigenvalue weighted by molar-refractivity contribution is 7.92. The zero-order chi connectivity index (χ0) is 25.7. The summed E-state index contributed by atoms with van der Waals surface area (Å²) in [5.41, 5.74) is 5.89. The molecule has 0 atom stereocenters. The molecule has 5 rings (SSSR count). The van der Waals surface area contributed by atoms with Gasteiger partial charge >= 0.3 is 0 Å². The molecule has 180 valence electrons. The van der Waals surface area contributed by atoms with Crippen LogP contribution in [0, 0.1) is 11.3 Å². The van der Waals surface area contributed by atoms with Crippen LogP contribution in [0.3, 0.4) is 0 Å². The summed E-state index contributed by atoms with van der Waals surface area (Å²) in [6.07, 6.45) is 6.10. The van der Waals surface area contributed by atoms with Gasteiger partial charge in [0.25, 0.3) is 0 Å². The number of rotatable bonds is 5. The van der Waals surface area contributed by atoms with Crippen molar-refractivity contribution in [1.82, 2.24) is 19.7 Å². The van der Waals surface area contributed by atoms with Crippen molar-refractivity contribution in [3.63, 3.8) is 0 Å². The van der Waals surface area contributed by atoms with Gasteiger partial charge in [-0.15, -0.1) is 0 Å². The molecule has 0 bridgehead atoms. The molecule has 9 heteroatoms. The zero-order valence-electron chi connectivity index (χ0n) is 20.3. The number of nitrogens with zero attached hydrogens (tertiary/aromatic N) is 5. The predicted octanol–water partition coefficient (Wildman–Crippen LogP) is 5.02. The van der Waals surface area contributed by atoms with Crippen molar-refractivity contribution >= 4 is 37.5 Å². The SMILES string of the molecule is Cn1nc(-c2ccc(C(C)(C)C#N)cc2)c2c3cc(-c4cncc(NS(C)(=O)=O)c4)ccc3ncc21. The zero-order valence-corrected chi connectivity index (χ0v) is 21.1. The normalized spacial score (nSPS) is 12.1. The predicted molar refractivity (Wildman–Crippen MR) is 142 cm³/mol. The molecular weight excluding hydrogens is 472 g/mol. The van der Waals surface area contributed by atoms with Crippen LogP contribution in [0.2, 0.25) is 0 Å². The summed E-state index contributed by atoms with van der Waals surface area (Å²) in [7, 11) is -1.53. The molecule has 1 N–H and O–H groups in total. The fourth-order valence-corrected chi connectivity index (χ4v) is 4.83. The monoisotopic (exact) mass is 496 g/mol. The topological polar surface area (TPSA) is 114 Å². The van der Waals surface area contributed by atoms with Gasteiger partial charge in [0.05, 0.1) is 46.9 Å². The second-order valence-electron chi connectivity index (χ2n) is 9.37. The van der Waals surface area contributed by atoms with E-state index in [1.165, 1.54) is 6.20 Å². The second kappa shape index (κ2) is 8.43. The third kappa shape index (κ3) is 4.27. The number of sulfonamides is 1. The van der Waals surface area contributed by atoms with Crippen LogP contribution < -0.4 is 4.72 Å². The van der Waals surface area contributed by atoms with Gasteiger partial charge in [-0.1, -0.05) is 30.3 Å². The Kier molecular flexibility index (Phi) is 5.49. The van der Waals surface area contributed by atoms with Crippen LogP contribution in [0.1, 0.15) is 19.4 Å². The van der Waals surface area contributed by atoms with Gasteiger partial charge in [0, 0.05) is 35.1 Å². The molecule has 3 heterocycles. The fraction of sp³-hybridized carbons (Fsp3) is 0.185. The van der Waals surface area contributed by atoms with Gasteiger partial charge in [-0.2, -0.15) is 10.4 Å². The molecule has 0 saturated carbocycles. The van der Waals surface area contributed by atoms with Crippen LogP contribution in [0.15, 0.2) is 67.1 Å². The molecule has 36 heavy (non-hydrogen) atoms. The Hall–Kier alpha value is -4.29. The first-order valence-electron chi connectivity index (χ1n) is 11.3. The quantitative estimate of drug-likeness (QED) is 0.365. The van der Waals surface area contributed by atoms with E-state index in [0.29, 0.717) is 5.69 Å². The van der Waals surface area contributed by atoms with E-state index in [-0.39, 0.29) is 0 Å². The molecule has 0 unspecified atom stereocenters. The highest BCUT2D eigenvalue weighted by Gasteiger charge is 2.21. The smallest absolute Gasteiger partial charge is 0.229 e. The van der Waals surface area contributed by atoms with E-state index in [4.69, 9.17) is 5.10 Å². The number of aromatic nitrogens is 4. The van der Waals surface area contributed by atoms with Gasteiger partial charge in [0.15, 0.2) is 0 Å². The molecule has 5 aromatic rings. The van der Waals surface area contributed by atoms with Crippen molar-refractivity contribution in [1.29, 1.82) is 5.26 Å². The molecule has 0 aliphatic heterocycles. The Bertz CT molecular complexity index is 1780. The van der Waals surface area contributed by atoms with Gasteiger partial charge in [-0.25, -0.2) is 8.42 Å². The molecule has 0 spiro atoms. The second-order valence-corrected chi connectivity index (χ2v) is 11.1. The van der Waals surface area contributed by atoms with E-state index >= 15 is 0 Å². The number of pyridine rings is 2. The van der Waals surface area contributed by atoms with Crippen molar-refractivity contribution < 1.29 is 8.42 Å². The van der Waals surface area contributed by atoms with E-state index in [0.717, 1.165) is 56.0 Å². The molecule has 0 saturated heterocycles. The highest BCUT2D eigenvalue weighted by atomic mass is 32.2. The summed E-state index contributed by atoms with van der Waals surface area (Å²) in [5.74, 6) is 0. The number of aryl methyl sites for hydroxylation is 1. The van der Waals surface area contributed by atoms with E-state index in [1.54, 1.807) is 12.3 Å². The van der Waals surface area contributed by atoms with Crippen LogP contribution in [0.4, 0.5) is 5.69 Å². The minimum Gasteiger partial charge on any atom is -0.282 e. The van der Waals surface area contributed by atoms with Crippen LogP contribution in [0.25, 0.3) is 44.2 Å². The van der Waals surface area contributed by atoms with Gasteiger partial charge in [0.2, 0.25) is 10.0 Å². The summed E-state index contributed by atoms with van der Waals surface area (Å²) in [5, 5.41) is 16.2. The van der Waals surface area contributed by atoms with E-state index in [1.807, 2.05) is 74.2 Å². The largest absolute Gasteiger partial charge is 0.282 e. The lowest BCUT2D eigenvalue weighted by Gasteiger charge is -2.15. The maximum atomic E-state index is 11.7. The van der Waals surface area contributed by atoms with E-state index in [9.17, 15) is 13.7 Å². The van der Waals surface area contributed by atoms with Crippen molar-refractivity contribution in [3.05, 3.63) is 72.7 Å². The highest BCUT2D eigenvalue weighted by Crippen LogP contribution is 2.36. The number of fused-ring (bicyclic) bond motifs is 3. The number of nitrogens with one attached hydrogen (secondary N) is 1. The minimum absolute atomic E-state index is 0.397. The summed E-state index contributed by atoms with van der Waals surface area (Å²) < 4.78 is 27.6. The Labute approximate surface area is 209 Å². The number of hydrogen-bond acceptors (Lipinski definition) is 6. The molecule has 0 amide bonds. The molecule has 8 nitrogen and oxygen atoms in total. The van der Waals surface area contributed by atoms with Crippen LogP contribution in [-0.2, 0) is 22.5 Å². The molecule has 3 aromatic heterocycles. The average Bonchev–Trinajstić information content (AvgIpc) is 3.20. The third-order valence-electron chi connectivity index (χ3n) is 6.22.